The Morgan fingerprint density at radius 3 is 2.00 bits per heavy atom. The zero-order valence-corrected chi connectivity index (χ0v) is 7.91. The molecule has 0 bridgehead atoms. The van der Waals surface area contributed by atoms with Crippen molar-refractivity contribution < 1.29 is 5.02 Å². The third kappa shape index (κ3) is 2.11. The average Bonchev–Trinajstić information content (AvgIpc) is 2.04. The summed E-state index contributed by atoms with van der Waals surface area (Å²) in [6.45, 7) is 5.75. The lowest BCUT2D eigenvalue weighted by Gasteiger charge is -2.06. The van der Waals surface area contributed by atoms with Gasteiger partial charge in [0.2, 0.25) is 0 Å². The fourth-order valence-electron chi connectivity index (χ4n) is 1.16. The van der Waals surface area contributed by atoms with Gasteiger partial charge < -0.3 is 5.02 Å². The van der Waals surface area contributed by atoms with Crippen molar-refractivity contribution in [2.45, 2.75) is 26.6 Å². The van der Waals surface area contributed by atoms with Gasteiger partial charge in [0.1, 0.15) is 0 Å². The number of hydrogen-bond donors (Lipinski definition) is 1. The van der Waals surface area contributed by atoms with E-state index in [0.29, 0.717) is 5.92 Å². The van der Waals surface area contributed by atoms with Crippen LogP contribution in [0.2, 0.25) is 6.82 Å². The molecule has 0 radical (unpaired) electrons. The molecule has 0 unspecified atom stereocenters. The Morgan fingerprint density at radius 1 is 1.17 bits per heavy atom. The molecule has 0 aliphatic carbocycles. The standard InChI is InChI=1S/C10H15BO/c1-8(2)9-4-6-10(7-5-9)11(3)12/h4-8,12H,1-3H3. The van der Waals surface area contributed by atoms with E-state index in [1.54, 1.807) is 6.82 Å². The fraction of sp³-hybridized carbons (Fsp3) is 0.400. The Hall–Kier alpha value is -0.755. The molecule has 0 aromatic heterocycles. The fourth-order valence-corrected chi connectivity index (χ4v) is 1.16. The molecule has 0 heterocycles. The zero-order chi connectivity index (χ0) is 9.14. The predicted octanol–water partition coefficient (Wildman–Crippen LogP) is 1.63. The second kappa shape index (κ2) is 3.77. The summed E-state index contributed by atoms with van der Waals surface area (Å²) >= 11 is 0. The SMILES string of the molecule is CB(O)c1ccc(C(C)C)cc1. The zero-order valence-electron chi connectivity index (χ0n) is 7.91. The maximum atomic E-state index is 9.25. The van der Waals surface area contributed by atoms with Gasteiger partial charge in [-0.3, -0.25) is 0 Å². The molecule has 1 rings (SSSR count). The van der Waals surface area contributed by atoms with E-state index in [0.717, 1.165) is 5.46 Å². The predicted molar refractivity (Wildman–Crippen MR) is 54.0 cm³/mol. The highest BCUT2D eigenvalue weighted by molar-refractivity contribution is 6.64. The first kappa shape index (κ1) is 9.33. The van der Waals surface area contributed by atoms with Crippen molar-refractivity contribution in [3.05, 3.63) is 29.8 Å². The Balaban J connectivity index is 2.86. The van der Waals surface area contributed by atoms with Crippen LogP contribution in [-0.4, -0.2) is 11.9 Å². The maximum Gasteiger partial charge on any atom is 0.320 e. The summed E-state index contributed by atoms with van der Waals surface area (Å²) in [5.74, 6) is 0.563. The molecule has 0 spiro atoms. The minimum absolute atomic E-state index is 0.355. The topological polar surface area (TPSA) is 20.2 Å². The van der Waals surface area contributed by atoms with Gasteiger partial charge in [-0.05, 0) is 16.9 Å². The van der Waals surface area contributed by atoms with Gasteiger partial charge in [-0.2, -0.15) is 0 Å². The Kier molecular flexibility index (Phi) is 2.93. The van der Waals surface area contributed by atoms with E-state index >= 15 is 0 Å². The van der Waals surface area contributed by atoms with E-state index in [4.69, 9.17) is 0 Å². The third-order valence-corrected chi connectivity index (χ3v) is 2.09. The van der Waals surface area contributed by atoms with Gasteiger partial charge >= 0.3 is 6.92 Å². The van der Waals surface area contributed by atoms with Gasteiger partial charge in [0.25, 0.3) is 0 Å². The van der Waals surface area contributed by atoms with Crippen molar-refractivity contribution in [3.63, 3.8) is 0 Å². The van der Waals surface area contributed by atoms with Crippen LogP contribution in [0.25, 0.3) is 0 Å². The van der Waals surface area contributed by atoms with Gasteiger partial charge in [0, 0.05) is 0 Å². The summed E-state index contributed by atoms with van der Waals surface area (Å²) in [6.07, 6.45) is 0. The molecular formula is C10H15BO. The van der Waals surface area contributed by atoms with Crippen LogP contribution in [0.4, 0.5) is 0 Å². The van der Waals surface area contributed by atoms with Crippen molar-refractivity contribution >= 4 is 12.4 Å². The van der Waals surface area contributed by atoms with E-state index in [1.807, 2.05) is 12.1 Å². The molecule has 2 heteroatoms. The highest BCUT2D eigenvalue weighted by atomic mass is 16.2. The van der Waals surface area contributed by atoms with Crippen molar-refractivity contribution in [1.29, 1.82) is 0 Å². The largest absolute Gasteiger partial charge is 0.447 e. The van der Waals surface area contributed by atoms with Crippen molar-refractivity contribution in [3.8, 4) is 0 Å². The molecular weight excluding hydrogens is 147 g/mol. The molecule has 0 fully saturated rings. The lowest BCUT2D eigenvalue weighted by molar-refractivity contribution is 0.594. The molecule has 0 saturated carbocycles. The van der Waals surface area contributed by atoms with Gasteiger partial charge in [-0.25, -0.2) is 0 Å². The monoisotopic (exact) mass is 162 g/mol. The molecule has 0 amide bonds. The molecule has 1 N–H and O–H groups in total. The van der Waals surface area contributed by atoms with Gasteiger partial charge in [-0.1, -0.05) is 44.9 Å². The van der Waals surface area contributed by atoms with Crippen LogP contribution in [0.15, 0.2) is 24.3 Å². The Morgan fingerprint density at radius 2 is 1.67 bits per heavy atom. The first-order valence-corrected chi connectivity index (χ1v) is 4.39. The molecule has 1 aromatic carbocycles. The van der Waals surface area contributed by atoms with E-state index in [-0.39, 0.29) is 6.92 Å². The molecule has 1 aromatic rings. The summed E-state index contributed by atoms with van der Waals surface area (Å²) in [7, 11) is 0. The van der Waals surface area contributed by atoms with E-state index < -0.39 is 0 Å². The Bertz CT molecular complexity index is 212. The van der Waals surface area contributed by atoms with Gasteiger partial charge in [-0.15, -0.1) is 0 Å². The quantitative estimate of drug-likeness (QED) is 0.655. The van der Waals surface area contributed by atoms with Crippen LogP contribution in [0, 0.1) is 0 Å². The van der Waals surface area contributed by atoms with E-state index in [9.17, 15) is 5.02 Å². The lowest BCUT2D eigenvalue weighted by Crippen LogP contribution is -2.25. The highest BCUT2D eigenvalue weighted by Gasteiger charge is 2.05. The summed E-state index contributed by atoms with van der Waals surface area (Å²) in [5, 5.41) is 9.25. The third-order valence-electron chi connectivity index (χ3n) is 2.09. The smallest absolute Gasteiger partial charge is 0.320 e. The molecule has 0 aliphatic rings. The summed E-state index contributed by atoms with van der Waals surface area (Å²) in [5.41, 5.74) is 2.30. The number of hydrogen-bond acceptors (Lipinski definition) is 1. The van der Waals surface area contributed by atoms with Crippen LogP contribution >= 0.6 is 0 Å². The maximum absolute atomic E-state index is 9.25. The summed E-state index contributed by atoms with van der Waals surface area (Å²) in [6, 6.07) is 8.12. The second-order valence-corrected chi connectivity index (χ2v) is 3.50. The van der Waals surface area contributed by atoms with Gasteiger partial charge in [0.05, 0.1) is 0 Å². The van der Waals surface area contributed by atoms with E-state index in [2.05, 4.69) is 26.0 Å². The normalized spacial score (nSPS) is 10.4. The van der Waals surface area contributed by atoms with Crippen LogP contribution in [-0.2, 0) is 0 Å². The summed E-state index contributed by atoms with van der Waals surface area (Å²) in [4.78, 5) is 0. The first-order chi connectivity index (χ1) is 5.61. The van der Waals surface area contributed by atoms with Crippen molar-refractivity contribution in [1.82, 2.24) is 0 Å². The molecule has 1 nitrogen and oxygen atoms in total. The molecule has 0 saturated heterocycles. The molecule has 64 valence electrons. The van der Waals surface area contributed by atoms with E-state index in [1.165, 1.54) is 5.56 Å². The minimum Gasteiger partial charge on any atom is -0.447 e. The Labute approximate surface area is 74.5 Å². The van der Waals surface area contributed by atoms with Crippen molar-refractivity contribution in [2.24, 2.45) is 0 Å². The van der Waals surface area contributed by atoms with Crippen LogP contribution in [0.3, 0.4) is 0 Å². The summed E-state index contributed by atoms with van der Waals surface area (Å²) < 4.78 is 0. The average molecular weight is 162 g/mol. The number of rotatable bonds is 2. The number of benzene rings is 1. The first-order valence-electron chi connectivity index (χ1n) is 4.39. The molecule has 0 aliphatic heterocycles. The molecule has 12 heavy (non-hydrogen) atoms. The highest BCUT2D eigenvalue weighted by Crippen LogP contribution is 2.11. The minimum atomic E-state index is -0.355. The van der Waals surface area contributed by atoms with Crippen molar-refractivity contribution in [2.75, 3.05) is 0 Å². The van der Waals surface area contributed by atoms with Gasteiger partial charge in [0.15, 0.2) is 0 Å². The van der Waals surface area contributed by atoms with Crippen LogP contribution in [0.5, 0.6) is 0 Å². The second-order valence-electron chi connectivity index (χ2n) is 3.50. The van der Waals surface area contributed by atoms with Crippen LogP contribution in [0.1, 0.15) is 25.3 Å². The molecule has 0 atom stereocenters. The van der Waals surface area contributed by atoms with Crippen LogP contribution < -0.4 is 5.46 Å². The lowest BCUT2D eigenvalue weighted by atomic mass is 9.64.